The summed E-state index contributed by atoms with van der Waals surface area (Å²) in [5, 5.41) is 2.55. The third-order valence-electron chi connectivity index (χ3n) is 3.64. The fourth-order valence-corrected chi connectivity index (χ4v) is 2.51. The molecule has 1 aliphatic heterocycles. The third kappa shape index (κ3) is 2.62. The van der Waals surface area contributed by atoms with Gasteiger partial charge >= 0.3 is 0 Å². The van der Waals surface area contributed by atoms with Gasteiger partial charge in [-0.25, -0.2) is 0 Å². The van der Waals surface area contributed by atoms with E-state index in [1.54, 1.807) is 11.9 Å². The molecule has 0 saturated carbocycles. The SMILES string of the molecule is CNC(=O)C1CN(C(=O)c2cc3ccccn3c2)CCO1. The first-order chi connectivity index (χ1) is 10.2. The van der Waals surface area contributed by atoms with Crippen LogP contribution in [-0.4, -0.2) is 54.0 Å². The zero-order valence-corrected chi connectivity index (χ0v) is 11.8. The molecule has 2 amide bonds. The van der Waals surface area contributed by atoms with Gasteiger partial charge in [0.2, 0.25) is 0 Å². The number of amides is 2. The minimum Gasteiger partial charge on any atom is -0.365 e. The van der Waals surface area contributed by atoms with Crippen molar-refractivity contribution in [1.29, 1.82) is 0 Å². The van der Waals surface area contributed by atoms with E-state index in [2.05, 4.69) is 5.32 Å². The van der Waals surface area contributed by atoms with Crippen molar-refractivity contribution in [2.75, 3.05) is 26.7 Å². The van der Waals surface area contributed by atoms with Crippen LogP contribution in [0, 0.1) is 0 Å². The molecule has 6 nitrogen and oxygen atoms in total. The molecule has 1 fully saturated rings. The van der Waals surface area contributed by atoms with Gasteiger partial charge in [-0.1, -0.05) is 6.07 Å². The summed E-state index contributed by atoms with van der Waals surface area (Å²) in [7, 11) is 1.56. The van der Waals surface area contributed by atoms with Crippen molar-refractivity contribution in [2.24, 2.45) is 0 Å². The molecular formula is C15H17N3O3. The predicted octanol–water partition coefficient (Wildman–Crippen LogP) is 0.526. The van der Waals surface area contributed by atoms with Crippen LogP contribution in [0.2, 0.25) is 0 Å². The zero-order chi connectivity index (χ0) is 14.8. The van der Waals surface area contributed by atoms with Gasteiger partial charge < -0.3 is 19.4 Å². The second-order valence-corrected chi connectivity index (χ2v) is 4.99. The second kappa shape index (κ2) is 5.57. The number of fused-ring (bicyclic) bond motifs is 1. The lowest BCUT2D eigenvalue weighted by Crippen LogP contribution is -2.51. The van der Waals surface area contributed by atoms with Crippen LogP contribution in [0.5, 0.6) is 0 Å². The first kappa shape index (κ1) is 13.6. The Bertz CT molecular complexity index is 647. The molecule has 1 aliphatic rings. The Kier molecular flexibility index (Phi) is 3.62. The summed E-state index contributed by atoms with van der Waals surface area (Å²) < 4.78 is 7.30. The van der Waals surface area contributed by atoms with E-state index in [0.717, 1.165) is 5.52 Å². The Morgan fingerprint density at radius 2 is 2.24 bits per heavy atom. The Morgan fingerprint density at radius 1 is 1.38 bits per heavy atom. The molecule has 21 heavy (non-hydrogen) atoms. The summed E-state index contributed by atoms with van der Waals surface area (Å²) in [6.45, 7) is 1.15. The summed E-state index contributed by atoms with van der Waals surface area (Å²) in [5.74, 6) is -0.273. The number of aromatic nitrogens is 1. The van der Waals surface area contributed by atoms with Crippen LogP contribution >= 0.6 is 0 Å². The standard InChI is InChI=1S/C15H17N3O3/c1-16-14(19)13-10-18(6-7-21-13)15(20)11-8-12-4-2-3-5-17(12)9-11/h2-5,8-9,13H,6-7,10H2,1H3,(H,16,19). The Balaban J connectivity index is 1.79. The molecular weight excluding hydrogens is 270 g/mol. The second-order valence-electron chi connectivity index (χ2n) is 4.99. The molecule has 2 aromatic heterocycles. The van der Waals surface area contributed by atoms with Gasteiger partial charge in [0.05, 0.1) is 18.7 Å². The number of carbonyl (C=O) groups excluding carboxylic acids is 2. The molecule has 0 aromatic carbocycles. The van der Waals surface area contributed by atoms with Crippen molar-refractivity contribution in [3.8, 4) is 0 Å². The average molecular weight is 287 g/mol. The summed E-state index contributed by atoms with van der Waals surface area (Å²) in [6.07, 6.45) is 3.12. The molecule has 2 aromatic rings. The molecule has 0 bridgehead atoms. The largest absolute Gasteiger partial charge is 0.365 e. The summed E-state index contributed by atoms with van der Waals surface area (Å²) in [6, 6.07) is 7.65. The van der Waals surface area contributed by atoms with Crippen molar-refractivity contribution >= 4 is 17.3 Å². The van der Waals surface area contributed by atoms with Gasteiger partial charge in [-0.2, -0.15) is 0 Å². The maximum absolute atomic E-state index is 12.6. The number of hydrogen-bond donors (Lipinski definition) is 1. The van der Waals surface area contributed by atoms with Gasteiger partial charge in [0.1, 0.15) is 0 Å². The van der Waals surface area contributed by atoms with Crippen LogP contribution < -0.4 is 5.32 Å². The Morgan fingerprint density at radius 3 is 3.00 bits per heavy atom. The van der Waals surface area contributed by atoms with Gasteiger partial charge in [-0.3, -0.25) is 9.59 Å². The van der Waals surface area contributed by atoms with Crippen LogP contribution in [0.1, 0.15) is 10.4 Å². The minimum absolute atomic E-state index is 0.0732. The average Bonchev–Trinajstić information content (AvgIpc) is 2.97. The van der Waals surface area contributed by atoms with Crippen LogP contribution in [-0.2, 0) is 9.53 Å². The van der Waals surface area contributed by atoms with Crippen molar-refractivity contribution in [2.45, 2.75) is 6.10 Å². The smallest absolute Gasteiger partial charge is 0.255 e. The lowest BCUT2D eigenvalue weighted by molar-refractivity contribution is -0.136. The molecule has 0 radical (unpaired) electrons. The van der Waals surface area contributed by atoms with Gasteiger partial charge in [0.25, 0.3) is 11.8 Å². The maximum Gasteiger partial charge on any atom is 0.255 e. The molecule has 0 spiro atoms. The van der Waals surface area contributed by atoms with Crippen LogP contribution in [0.3, 0.4) is 0 Å². The molecule has 1 saturated heterocycles. The van der Waals surface area contributed by atoms with Crippen molar-refractivity contribution < 1.29 is 14.3 Å². The van der Waals surface area contributed by atoms with Crippen LogP contribution in [0.25, 0.3) is 5.52 Å². The predicted molar refractivity (Wildman–Crippen MR) is 77.1 cm³/mol. The highest BCUT2D eigenvalue weighted by Gasteiger charge is 2.29. The minimum atomic E-state index is -0.593. The molecule has 6 heteroatoms. The number of likely N-dealkylation sites (N-methyl/N-ethyl adjacent to an activating group) is 1. The van der Waals surface area contributed by atoms with E-state index in [0.29, 0.717) is 18.7 Å². The highest BCUT2D eigenvalue weighted by atomic mass is 16.5. The number of morpholine rings is 1. The normalized spacial score (nSPS) is 18.7. The molecule has 3 heterocycles. The first-order valence-corrected chi connectivity index (χ1v) is 6.88. The summed E-state index contributed by atoms with van der Waals surface area (Å²) in [4.78, 5) is 25.9. The van der Waals surface area contributed by atoms with Gasteiger partial charge in [0, 0.05) is 31.5 Å². The molecule has 1 atom stereocenters. The Hall–Kier alpha value is -2.34. The number of ether oxygens (including phenoxy) is 1. The summed E-state index contributed by atoms with van der Waals surface area (Å²) >= 11 is 0. The van der Waals surface area contributed by atoms with E-state index >= 15 is 0 Å². The first-order valence-electron chi connectivity index (χ1n) is 6.88. The van der Waals surface area contributed by atoms with E-state index < -0.39 is 6.10 Å². The van der Waals surface area contributed by atoms with Crippen molar-refractivity contribution in [3.05, 3.63) is 42.2 Å². The van der Waals surface area contributed by atoms with E-state index in [-0.39, 0.29) is 18.4 Å². The van der Waals surface area contributed by atoms with Gasteiger partial charge in [-0.15, -0.1) is 0 Å². The summed E-state index contributed by atoms with van der Waals surface area (Å²) in [5.41, 5.74) is 1.59. The number of rotatable bonds is 2. The van der Waals surface area contributed by atoms with Crippen LogP contribution in [0.15, 0.2) is 36.7 Å². The van der Waals surface area contributed by atoms with Crippen molar-refractivity contribution in [3.63, 3.8) is 0 Å². The van der Waals surface area contributed by atoms with Crippen LogP contribution in [0.4, 0.5) is 0 Å². The number of hydrogen-bond acceptors (Lipinski definition) is 3. The molecule has 110 valence electrons. The molecule has 1 unspecified atom stereocenters. The molecule has 3 rings (SSSR count). The van der Waals surface area contributed by atoms with Crippen molar-refractivity contribution in [1.82, 2.24) is 14.6 Å². The van der Waals surface area contributed by atoms with E-state index in [9.17, 15) is 9.59 Å². The maximum atomic E-state index is 12.6. The fourth-order valence-electron chi connectivity index (χ4n) is 2.51. The van der Waals surface area contributed by atoms with Gasteiger partial charge in [0.15, 0.2) is 6.10 Å². The lowest BCUT2D eigenvalue weighted by atomic mass is 10.2. The molecule has 1 N–H and O–H groups in total. The lowest BCUT2D eigenvalue weighted by Gasteiger charge is -2.31. The number of pyridine rings is 1. The Labute approximate surface area is 122 Å². The zero-order valence-electron chi connectivity index (χ0n) is 11.8. The molecule has 0 aliphatic carbocycles. The highest BCUT2D eigenvalue weighted by molar-refractivity contribution is 5.96. The number of carbonyl (C=O) groups is 2. The van der Waals surface area contributed by atoms with Gasteiger partial charge in [-0.05, 0) is 18.2 Å². The van der Waals surface area contributed by atoms with E-state index in [1.807, 2.05) is 41.1 Å². The topological polar surface area (TPSA) is 63.1 Å². The monoisotopic (exact) mass is 287 g/mol. The van der Waals surface area contributed by atoms with E-state index in [1.165, 1.54) is 0 Å². The van der Waals surface area contributed by atoms with E-state index in [4.69, 9.17) is 4.74 Å². The number of nitrogens with zero attached hydrogens (tertiary/aromatic N) is 2. The quantitative estimate of drug-likeness (QED) is 0.876. The number of nitrogens with one attached hydrogen (secondary N) is 1. The fraction of sp³-hybridized carbons (Fsp3) is 0.333. The third-order valence-corrected chi connectivity index (χ3v) is 3.64. The highest BCUT2D eigenvalue weighted by Crippen LogP contribution is 2.14.